The van der Waals surface area contributed by atoms with E-state index in [1.54, 1.807) is 0 Å². The van der Waals surface area contributed by atoms with E-state index in [4.69, 9.17) is 0 Å². The Hall–Kier alpha value is -0.120. The molecular formula is C28H50O3. The summed E-state index contributed by atoms with van der Waals surface area (Å²) < 4.78 is 0. The van der Waals surface area contributed by atoms with Gasteiger partial charge >= 0.3 is 0 Å². The molecule has 0 heterocycles. The van der Waals surface area contributed by atoms with Crippen LogP contribution < -0.4 is 0 Å². The predicted molar refractivity (Wildman–Crippen MR) is 126 cm³/mol. The summed E-state index contributed by atoms with van der Waals surface area (Å²) in [4.78, 5) is 0. The van der Waals surface area contributed by atoms with Crippen LogP contribution in [0, 0.1) is 52.3 Å². The third-order valence-electron chi connectivity index (χ3n) is 11.8. The molecule has 3 nitrogen and oxygen atoms in total. The lowest BCUT2D eigenvalue weighted by Gasteiger charge is -2.65. The number of hydrogen-bond acceptors (Lipinski definition) is 3. The number of fused-ring (bicyclic) bond motifs is 5. The first kappa shape index (κ1) is 24.0. The zero-order valence-corrected chi connectivity index (χ0v) is 21.1. The van der Waals surface area contributed by atoms with Crippen molar-refractivity contribution in [3.05, 3.63) is 0 Å². The molecule has 180 valence electrons. The van der Waals surface area contributed by atoms with E-state index in [2.05, 4.69) is 41.5 Å². The highest BCUT2D eigenvalue weighted by Gasteiger charge is 2.67. The van der Waals surface area contributed by atoms with Crippen molar-refractivity contribution in [1.29, 1.82) is 0 Å². The molecule has 11 atom stereocenters. The average molecular weight is 435 g/mol. The summed E-state index contributed by atoms with van der Waals surface area (Å²) in [7, 11) is 0. The van der Waals surface area contributed by atoms with Crippen LogP contribution in [0.2, 0.25) is 0 Å². The highest BCUT2D eigenvalue weighted by Crippen LogP contribution is 2.69. The van der Waals surface area contributed by atoms with Gasteiger partial charge in [-0.3, -0.25) is 0 Å². The third-order valence-corrected chi connectivity index (χ3v) is 11.8. The monoisotopic (exact) mass is 434 g/mol. The van der Waals surface area contributed by atoms with Crippen LogP contribution in [0.1, 0.15) is 106 Å². The highest BCUT2D eigenvalue weighted by molar-refractivity contribution is 5.17. The van der Waals surface area contributed by atoms with E-state index in [1.165, 1.54) is 38.5 Å². The topological polar surface area (TPSA) is 60.7 Å². The third kappa shape index (κ3) is 3.64. The molecule has 0 radical (unpaired) electrons. The fourth-order valence-corrected chi connectivity index (χ4v) is 9.30. The van der Waals surface area contributed by atoms with Gasteiger partial charge < -0.3 is 15.3 Å². The molecule has 4 aliphatic carbocycles. The molecule has 0 spiro atoms. The summed E-state index contributed by atoms with van der Waals surface area (Å²) in [5, 5.41) is 33.1. The van der Waals surface area contributed by atoms with Gasteiger partial charge in [-0.25, -0.2) is 0 Å². The molecule has 3 heteroatoms. The summed E-state index contributed by atoms with van der Waals surface area (Å²) in [5.41, 5.74) is -0.981. The lowest BCUT2D eigenvalue weighted by Crippen LogP contribution is -2.68. The molecule has 4 aliphatic rings. The van der Waals surface area contributed by atoms with Crippen LogP contribution in [0.15, 0.2) is 0 Å². The Morgan fingerprint density at radius 3 is 2.26 bits per heavy atom. The molecule has 3 N–H and O–H groups in total. The second kappa shape index (κ2) is 8.27. The largest absolute Gasteiger partial charge is 0.393 e. The fraction of sp³-hybridized carbons (Fsp3) is 1.00. The number of rotatable bonds is 5. The minimum atomic E-state index is -1.11. The van der Waals surface area contributed by atoms with Crippen LogP contribution in [0.4, 0.5) is 0 Å². The maximum atomic E-state index is 11.6. The first-order valence-electron chi connectivity index (χ1n) is 13.5. The summed E-state index contributed by atoms with van der Waals surface area (Å²) in [6.07, 6.45) is 9.33. The number of aliphatic hydroxyl groups is 3. The van der Waals surface area contributed by atoms with E-state index in [0.717, 1.165) is 42.9 Å². The van der Waals surface area contributed by atoms with Crippen molar-refractivity contribution in [2.45, 2.75) is 124 Å². The maximum absolute atomic E-state index is 11.6. The molecule has 0 saturated heterocycles. The van der Waals surface area contributed by atoms with Crippen LogP contribution in [-0.2, 0) is 0 Å². The molecule has 0 amide bonds. The SMILES string of the molecule is CC(C)[C@H](C)CC[C@@H](C)C1CCC2C3C[C@H](O)[C@@]4(O)C[C@@H](O)CC[C@]4(C)C3CC[C@@]21C. The van der Waals surface area contributed by atoms with Crippen molar-refractivity contribution in [2.24, 2.45) is 52.3 Å². The lowest BCUT2D eigenvalue weighted by molar-refractivity contribution is -0.264. The van der Waals surface area contributed by atoms with E-state index in [0.29, 0.717) is 29.6 Å². The summed E-state index contributed by atoms with van der Waals surface area (Å²) in [6.45, 7) is 14.4. The standard InChI is InChI=1S/C28H50O3/c1-17(2)18(3)7-8-19(4)22-9-10-23-21-15-25(30)28(31)16-20(29)11-14-27(28,6)24(21)12-13-26(22,23)5/h17-25,29-31H,7-16H2,1-6H3/t18-,19-,20+,21?,22?,23?,24?,25+,26-,27-,28+/m1/s1. The minimum absolute atomic E-state index is 0.258. The average Bonchev–Trinajstić information content (AvgIpc) is 3.05. The zero-order chi connectivity index (χ0) is 22.8. The van der Waals surface area contributed by atoms with Crippen LogP contribution >= 0.6 is 0 Å². The Labute approximate surface area is 191 Å². The predicted octanol–water partition coefficient (Wildman–Crippen LogP) is 5.80. The molecule has 31 heavy (non-hydrogen) atoms. The van der Waals surface area contributed by atoms with E-state index in [-0.39, 0.29) is 5.41 Å². The van der Waals surface area contributed by atoms with Crippen molar-refractivity contribution < 1.29 is 15.3 Å². The van der Waals surface area contributed by atoms with E-state index >= 15 is 0 Å². The van der Waals surface area contributed by atoms with Crippen LogP contribution in [0.5, 0.6) is 0 Å². The smallest absolute Gasteiger partial charge is 0.0985 e. The van der Waals surface area contributed by atoms with Crippen LogP contribution in [0.3, 0.4) is 0 Å². The normalized spacial score (nSPS) is 51.7. The lowest BCUT2D eigenvalue weighted by atomic mass is 9.42. The Balaban J connectivity index is 1.52. The van der Waals surface area contributed by atoms with Crippen LogP contribution in [-0.4, -0.2) is 33.1 Å². The molecular weight excluding hydrogens is 384 g/mol. The van der Waals surface area contributed by atoms with Gasteiger partial charge in [-0.15, -0.1) is 0 Å². The highest BCUT2D eigenvalue weighted by atomic mass is 16.3. The summed E-state index contributed by atoms with van der Waals surface area (Å²) in [6, 6.07) is 0. The molecule has 0 aliphatic heterocycles. The second-order valence-corrected chi connectivity index (χ2v) is 13.4. The van der Waals surface area contributed by atoms with Gasteiger partial charge in [0.05, 0.1) is 17.8 Å². The Kier molecular flexibility index (Phi) is 6.41. The van der Waals surface area contributed by atoms with Gasteiger partial charge in [-0.05, 0) is 91.8 Å². The molecule has 0 aromatic rings. The zero-order valence-electron chi connectivity index (χ0n) is 21.1. The van der Waals surface area contributed by atoms with Gasteiger partial charge in [-0.2, -0.15) is 0 Å². The Morgan fingerprint density at radius 2 is 1.58 bits per heavy atom. The Morgan fingerprint density at radius 1 is 0.871 bits per heavy atom. The summed E-state index contributed by atoms with van der Waals surface area (Å²) in [5.74, 6) is 4.85. The molecule has 4 fully saturated rings. The quantitative estimate of drug-likeness (QED) is 0.512. The van der Waals surface area contributed by atoms with E-state index in [1.807, 2.05) is 0 Å². The maximum Gasteiger partial charge on any atom is 0.0985 e. The van der Waals surface area contributed by atoms with Gasteiger partial charge in [0.25, 0.3) is 0 Å². The van der Waals surface area contributed by atoms with Gasteiger partial charge in [0, 0.05) is 11.8 Å². The van der Waals surface area contributed by atoms with Gasteiger partial charge in [0.2, 0.25) is 0 Å². The first-order chi connectivity index (χ1) is 14.4. The molecule has 0 aromatic heterocycles. The Bertz CT molecular complexity index is 648. The molecule has 4 saturated carbocycles. The van der Waals surface area contributed by atoms with Gasteiger partial charge in [0.1, 0.15) is 0 Å². The van der Waals surface area contributed by atoms with E-state index in [9.17, 15) is 15.3 Å². The molecule has 4 unspecified atom stereocenters. The molecule has 0 bridgehead atoms. The van der Waals surface area contributed by atoms with Gasteiger partial charge in [0.15, 0.2) is 0 Å². The molecule has 0 aromatic carbocycles. The fourth-order valence-electron chi connectivity index (χ4n) is 9.30. The van der Waals surface area contributed by atoms with E-state index < -0.39 is 17.8 Å². The first-order valence-corrected chi connectivity index (χ1v) is 13.5. The van der Waals surface area contributed by atoms with Crippen molar-refractivity contribution in [3.63, 3.8) is 0 Å². The van der Waals surface area contributed by atoms with Gasteiger partial charge in [-0.1, -0.05) is 54.4 Å². The minimum Gasteiger partial charge on any atom is -0.393 e. The van der Waals surface area contributed by atoms with Crippen molar-refractivity contribution in [1.82, 2.24) is 0 Å². The second-order valence-electron chi connectivity index (χ2n) is 13.4. The number of hydrogen-bond donors (Lipinski definition) is 3. The van der Waals surface area contributed by atoms with Crippen molar-refractivity contribution in [3.8, 4) is 0 Å². The van der Waals surface area contributed by atoms with Crippen LogP contribution in [0.25, 0.3) is 0 Å². The molecule has 4 rings (SSSR count). The number of aliphatic hydroxyl groups excluding tert-OH is 2. The van der Waals surface area contributed by atoms with Crippen molar-refractivity contribution in [2.75, 3.05) is 0 Å². The van der Waals surface area contributed by atoms with Crippen molar-refractivity contribution >= 4 is 0 Å². The summed E-state index contributed by atoms with van der Waals surface area (Å²) >= 11 is 0.